The number of rotatable bonds is 5. The van der Waals surface area contributed by atoms with Gasteiger partial charge in [0.15, 0.2) is 11.6 Å². The molecule has 0 radical (unpaired) electrons. The zero-order valence-corrected chi connectivity index (χ0v) is 14.2. The molecule has 2 aromatic rings. The van der Waals surface area contributed by atoms with E-state index in [-0.39, 0.29) is 35.0 Å². The third kappa shape index (κ3) is 4.23. The van der Waals surface area contributed by atoms with Crippen molar-refractivity contribution in [2.24, 2.45) is 5.92 Å². The Kier molecular flexibility index (Phi) is 5.58. The average molecular weight is 388 g/mol. The third-order valence-electron chi connectivity index (χ3n) is 4.02. The number of halogens is 3. The second-order valence-corrected chi connectivity index (χ2v) is 6.27. The highest BCUT2D eigenvalue weighted by Gasteiger charge is 2.28. The van der Waals surface area contributed by atoms with Gasteiger partial charge in [-0.25, -0.2) is 18.3 Å². The molecule has 0 unspecified atom stereocenters. The van der Waals surface area contributed by atoms with Crippen LogP contribution in [-0.2, 0) is 4.74 Å². The van der Waals surface area contributed by atoms with Crippen LogP contribution in [0.15, 0.2) is 24.5 Å². The Bertz CT molecular complexity index is 779. The van der Waals surface area contributed by atoms with Crippen molar-refractivity contribution in [1.29, 1.82) is 0 Å². The van der Waals surface area contributed by atoms with E-state index in [1.165, 1.54) is 12.4 Å². The standard InChI is InChI=1S/C16H16ClF2N3O4/c17-10-5-20-22(6-10)15-12(18)3-11(4-13(15)19)26-8-9-7-25-2-1-14(9)21-16(23)24/h3-6,9,14,21H,1-2,7-8H2,(H,23,24)/t9-,14+/m1/s1. The molecule has 0 spiro atoms. The van der Waals surface area contributed by atoms with Gasteiger partial charge in [0.25, 0.3) is 0 Å². The number of amides is 1. The van der Waals surface area contributed by atoms with Crippen molar-refractivity contribution in [2.75, 3.05) is 19.8 Å². The Morgan fingerprint density at radius 3 is 2.81 bits per heavy atom. The van der Waals surface area contributed by atoms with E-state index >= 15 is 0 Å². The van der Waals surface area contributed by atoms with Crippen LogP contribution >= 0.6 is 11.6 Å². The predicted octanol–water partition coefficient (Wildman–Crippen LogP) is 2.86. The molecule has 2 N–H and O–H groups in total. The SMILES string of the molecule is O=C(O)N[C@H]1CCOC[C@@H]1COc1cc(F)c(-n2cc(Cl)cn2)c(F)c1. The number of benzene rings is 1. The summed E-state index contributed by atoms with van der Waals surface area (Å²) in [5, 5.41) is 15.3. The Morgan fingerprint density at radius 1 is 1.46 bits per heavy atom. The van der Waals surface area contributed by atoms with Crippen LogP contribution in [0, 0.1) is 17.6 Å². The van der Waals surface area contributed by atoms with Gasteiger partial charge in [-0.3, -0.25) is 0 Å². The maximum atomic E-state index is 14.3. The minimum Gasteiger partial charge on any atom is -0.493 e. The molecule has 1 amide bonds. The summed E-state index contributed by atoms with van der Waals surface area (Å²) in [5.74, 6) is -2.00. The monoisotopic (exact) mass is 387 g/mol. The van der Waals surface area contributed by atoms with Crippen LogP contribution in [0.4, 0.5) is 13.6 Å². The first-order valence-electron chi connectivity index (χ1n) is 7.83. The molecule has 1 aliphatic heterocycles. The van der Waals surface area contributed by atoms with Crippen LogP contribution in [0.5, 0.6) is 5.75 Å². The quantitative estimate of drug-likeness (QED) is 0.824. The summed E-state index contributed by atoms with van der Waals surface area (Å²) in [6.07, 6.45) is 1.91. The molecular weight excluding hydrogens is 372 g/mol. The van der Waals surface area contributed by atoms with Gasteiger partial charge >= 0.3 is 6.09 Å². The molecule has 0 saturated carbocycles. The van der Waals surface area contributed by atoms with Gasteiger partial charge in [-0.2, -0.15) is 5.10 Å². The predicted molar refractivity (Wildman–Crippen MR) is 87.9 cm³/mol. The highest BCUT2D eigenvalue weighted by molar-refractivity contribution is 6.30. The van der Waals surface area contributed by atoms with E-state index in [0.29, 0.717) is 19.6 Å². The number of carbonyl (C=O) groups is 1. The fourth-order valence-electron chi connectivity index (χ4n) is 2.78. The lowest BCUT2D eigenvalue weighted by Crippen LogP contribution is -2.47. The van der Waals surface area contributed by atoms with E-state index in [1.807, 2.05) is 0 Å². The largest absolute Gasteiger partial charge is 0.493 e. The summed E-state index contributed by atoms with van der Waals surface area (Å²) < 4.78 is 40.4. The molecule has 2 heterocycles. The summed E-state index contributed by atoms with van der Waals surface area (Å²) in [5.41, 5.74) is -0.365. The number of aromatic nitrogens is 2. The maximum absolute atomic E-state index is 14.3. The van der Waals surface area contributed by atoms with Crippen LogP contribution in [0.2, 0.25) is 5.02 Å². The van der Waals surface area contributed by atoms with E-state index in [0.717, 1.165) is 16.8 Å². The highest BCUT2D eigenvalue weighted by atomic mass is 35.5. The summed E-state index contributed by atoms with van der Waals surface area (Å²) in [6, 6.07) is 1.73. The molecule has 1 fully saturated rings. The first-order valence-corrected chi connectivity index (χ1v) is 8.21. The van der Waals surface area contributed by atoms with Gasteiger partial charge in [-0.05, 0) is 6.42 Å². The smallest absolute Gasteiger partial charge is 0.404 e. The Balaban J connectivity index is 1.71. The van der Waals surface area contributed by atoms with Crippen molar-refractivity contribution in [1.82, 2.24) is 15.1 Å². The van der Waals surface area contributed by atoms with E-state index in [4.69, 9.17) is 26.2 Å². The number of hydrogen-bond donors (Lipinski definition) is 2. The molecular formula is C16H16ClF2N3O4. The van der Waals surface area contributed by atoms with Gasteiger partial charge in [0.1, 0.15) is 11.4 Å². The van der Waals surface area contributed by atoms with Crippen molar-refractivity contribution in [2.45, 2.75) is 12.5 Å². The van der Waals surface area contributed by atoms with Gasteiger partial charge in [-0.15, -0.1) is 0 Å². The van der Waals surface area contributed by atoms with E-state index < -0.39 is 17.7 Å². The third-order valence-corrected chi connectivity index (χ3v) is 4.21. The first-order chi connectivity index (χ1) is 12.4. The second-order valence-electron chi connectivity index (χ2n) is 5.83. The van der Waals surface area contributed by atoms with Gasteiger partial charge < -0.3 is 19.9 Å². The normalized spacial score (nSPS) is 20.0. The number of hydrogen-bond acceptors (Lipinski definition) is 4. The van der Waals surface area contributed by atoms with Crippen molar-refractivity contribution in [3.63, 3.8) is 0 Å². The fraction of sp³-hybridized carbons (Fsp3) is 0.375. The molecule has 10 heteroatoms. The number of ether oxygens (including phenoxy) is 2. The van der Waals surface area contributed by atoms with E-state index in [2.05, 4.69) is 10.4 Å². The number of nitrogens with one attached hydrogen (secondary N) is 1. The molecule has 1 saturated heterocycles. The minimum absolute atomic E-state index is 0.0124. The van der Waals surface area contributed by atoms with Crippen molar-refractivity contribution in [3.8, 4) is 11.4 Å². The molecule has 7 nitrogen and oxygen atoms in total. The molecule has 1 aromatic heterocycles. The first kappa shape index (κ1) is 18.4. The minimum atomic E-state index is -1.14. The second kappa shape index (κ2) is 7.88. The van der Waals surface area contributed by atoms with Crippen LogP contribution in [0.3, 0.4) is 0 Å². The molecule has 3 rings (SSSR count). The van der Waals surface area contributed by atoms with Crippen molar-refractivity contribution >= 4 is 17.7 Å². The molecule has 140 valence electrons. The lowest BCUT2D eigenvalue weighted by atomic mass is 9.97. The van der Waals surface area contributed by atoms with Crippen molar-refractivity contribution in [3.05, 3.63) is 41.2 Å². The van der Waals surface area contributed by atoms with Crippen molar-refractivity contribution < 1.29 is 28.2 Å². The maximum Gasteiger partial charge on any atom is 0.404 e. The van der Waals surface area contributed by atoms with Crippen LogP contribution in [-0.4, -0.2) is 46.8 Å². The highest BCUT2D eigenvalue weighted by Crippen LogP contribution is 2.25. The van der Waals surface area contributed by atoms with Crippen LogP contribution < -0.4 is 10.1 Å². The zero-order valence-electron chi connectivity index (χ0n) is 13.5. The molecule has 0 bridgehead atoms. The lowest BCUT2D eigenvalue weighted by molar-refractivity contribution is 0.0139. The number of carboxylic acid groups (broad SMARTS) is 1. The Labute approximate surface area is 152 Å². The van der Waals surface area contributed by atoms with Gasteiger partial charge in [0.05, 0.1) is 24.4 Å². The molecule has 1 aliphatic rings. The summed E-state index contributed by atoms with van der Waals surface area (Å²) in [7, 11) is 0. The van der Waals surface area contributed by atoms with E-state index in [9.17, 15) is 13.6 Å². The van der Waals surface area contributed by atoms with E-state index in [1.54, 1.807) is 0 Å². The number of nitrogens with zero attached hydrogens (tertiary/aromatic N) is 2. The average Bonchev–Trinajstić information content (AvgIpc) is 2.99. The summed E-state index contributed by atoms with van der Waals surface area (Å²) >= 11 is 5.72. The topological polar surface area (TPSA) is 85.6 Å². The van der Waals surface area contributed by atoms with Crippen LogP contribution in [0.25, 0.3) is 5.69 Å². The van der Waals surface area contributed by atoms with Gasteiger partial charge in [-0.1, -0.05) is 11.6 Å². The Hall–Kier alpha value is -2.39. The van der Waals surface area contributed by atoms with Crippen LogP contribution in [0.1, 0.15) is 6.42 Å². The van der Waals surface area contributed by atoms with Gasteiger partial charge in [0, 0.05) is 36.9 Å². The summed E-state index contributed by atoms with van der Waals surface area (Å²) in [6.45, 7) is 0.780. The molecule has 1 aromatic carbocycles. The molecule has 26 heavy (non-hydrogen) atoms. The zero-order chi connectivity index (χ0) is 18.7. The fourth-order valence-corrected chi connectivity index (χ4v) is 2.92. The molecule has 2 atom stereocenters. The van der Waals surface area contributed by atoms with Gasteiger partial charge in [0.2, 0.25) is 0 Å². The summed E-state index contributed by atoms with van der Waals surface area (Å²) in [4.78, 5) is 10.8. The molecule has 0 aliphatic carbocycles. The Morgan fingerprint density at radius 2 is 2.19 bits per heavy atom. The lowest BCUT2D eigenvalue weighted by Gasteiger charge is -2.31.